The topological polar surface area (TPSA) is 72.7 Å². The minimum Gasteiger partial charge on any atom is -0.323 e. The minimum absolute atomic E-state index is 0.0628. The van der Waals surface area contributed by atoms with Crippen molar-refractivity contribution in [1.82, 2.24) is 19.7 Å². The zero-order valence-electron chi connectivity index (χ0n) is 14.1. The van der Waals surface area contributed by atoms with Crippen LogP contribution in [0.2, 0.25) is 5.02 Å². The Balaban J connectivity index is 1.48. The summed E-state index contributed by atoms with van der Waals surface area (Å²) in [5.41, 5.74) is 0.946. The molecule has 1 amide bonds. The molecule has 138 valence electrons. The zero-order chi connectivity index (χ0) is 18.8. The Morgan fingerprint density at radius 1 is 1.33 bits per heavy atom. The van der Waals surface area contributed by atoms with Crippen LogP contribution in [-0.2, 0) is 4.79 Å². The van der Waals surface area contributed by atoms with E-state index in [-0.39, 0.29) is 17.3 Å². The molecule has 1 aliphatic rings. The molecule has 27 heavy (non-hydrogen) atoms. The number of pyridine rings is 1. The Bertz CT molecular complexity index is 977. The SMILES string of the molecule is O=C(CSc1nnc(-c2cccnc2)n1C1CC1)Nc1cc(Cl)ccc1F. The number of amides is 1. The Hall–Kier alpha value is -2.45. The largest absolute Gasteiger partial charge is 0.323 e. The van der Waals surface area contributed by atoms with Gasteiger partial charge in [-0.1, -0.05) is 23.4 Å². The maximum Gasteiger partial charge on any atom is 0.234 e. The molecule has 1 aromatic carbocycles. The second kappa shape index (κ2) is 7.66. The van der Waals surface area contributed by atoms with Crippen LogP contribution < -0.4 is 5.32 Å². The van der Waals surface area contributed by atoms with E-state index in [9.17, 15) is 9.18 Å². The molecule has 0 spiro atoms. The summed E-state index contributed by atoms with van der Waals surface area (Å²) in [6.07, 6.45) is 5.56. The van der Waals surface area contributed by atoms with Crippen molar-refractivity contribution in [3.63, 3.8) is 0 Å². The number of benzene rings is 1. The van der Waals surface area contributed by atoms with Gasteiger partial charge in [0.15, 0.2) is 11.0 Å². The fourth-order valence-electron chi connectivity index (χ4n) is 2.64. The molecule has 4 rings (SSSR count). The summed E-state index contributed by atoms with van der Waals surface area (Å²) in [5.74, 6) is -0.0364. The quantitative estimate of drug-likeness (QED) is 0.624. The Labute approximate surface area is 164 Å². The lowest BCUT2D eigenvalue weighted by molar-refractivity contribution is -0.113. The van der Waals surface area contributed by atoms with Crippen LogP contribution in [0.1, 0.15) is 18.9 Å². The van der Waals surface area contributed by atoms with Gasteiger partial charge in [0.2, 0.25) is 5.91 Å². The van der Waals surface area contributed by atoms with Crippen molar-refractivity contribution in [2.24, 2.45) is 0 Å². The number of hydrogen-bond acceptors (Lipinski definition) is 5. The van der Waals surface area contributed by atoms with Crippen LogP contribution in [0.4, 0.5) is 10.1 Å². The third-order valence-electron chi connectivity index (χ3n) is 4.03. The molecule has 2 aromatic heterocycles. The van der Waals surface area contributed by atoms with Crippen molar-refractivity contribution in [3.8, 4) is 11.4 Å². The summed E-state index contributed by atoms with van der Waals surface area (Å²) in [6, 6.07) is 8.15. The van der Waals surface area contributed by atoms with E-state index in [1.807, 2.05) is 12.1 Å². The molecule has 3 aromatic rings. The molecule has 0 atom stereocenters. The van der Waals surface area contributed by atoms with E-state index < -0.39 is 5.82 Å². The summed E-state index contributed by atoms with van der Waals surface area (Å²) in [5, 5.41) is 12.1. The van der Waals surface area contributed by atoms with Crippen LogP contribution in [-0.4, -0.2) is 31.4 Å². The van der Waals surface area contributed by atoms with Crippen molar-refractivity contribution in [3.05, 3.63) is 53.6 Å². The monoisotopic (exact) mass is 403 g/mol. The van der Waals surface area contributed by atoms with Crippen LogP contribution in [0, 0.1) is 5.82 Å². The Morgan fingerprint density at radius 2 is 2.19 bits per heavy atom. The maximum absolute atomic E-state index is 13.7. The summed E-state index contributed by atoms with van der Waals surface area (Å²) in [7, 11) is 0. The van der Waals surface area contributed by atoms with Crippen molar-refractivity contribution in [2.75, 3.05) is 11.1 Å². The lowest BCUT2D eigenvalue weighted by atomic mass is 10.3. The normalized spacial score (nSPS) is 13.6. The number of hydrogen-bond donors (Lipinski definition) is 1. The minimum atomic E-state index is -0.530. The lowest BCUT2D eigenvalue weighted by Gasteiger charge is -2.09. The molecule has 0 unspecified atom stereocenters. The number of anilines is 1. The van der Waals surface area contributed by atoms with Gasteiger partial charge in [-0.25, -0.2) is 4.39 Å². The zero-order valence-corrected chi connectivity index (χ0v) is 15.7. The van der Waals surface area contributed by atoms with Crippen molar-refractivity contribution < 1.29 is 9.18 Å². The van der Waals surface area contributed by atoms with E-state index in [1.54, 1.807) is 12.4 Å². The van der Waals surface area contributed by atoms with Gasteiger partial charge in [0.05, 0.1) is 11.4 Å². The van der Waals surface area contributed by atoms with Gasteiger partial charge in [-0.2, -0.15) is 0 Å². The molecule has 1 saturated carbocycles. The molecule has 0 aliphatic heterocycles. The maximum atomic E-state index is 13.7. The first-order chi connectivity index (χ1) is 13.1. The molecule has 1 N–H and O–H groups in total. The number of aromatic nitrogens is 4. The molecule has 0 radical (unpaired) electrons. The highest BCUT2D eigenvalue weighted by molar-refractivity contribution is 7.99. The van der Waals surface area contributed by atoms with Gasteiger partial charge in [-0.15, -0.1) is 10.2 Å². The van der Waals surface area contributed by atoms with E-state index in [4.69, 9.17) is 11.6 Å². The van der Waals surface area contributed by atoms with Gasteiger partial charge in [0.25, 0.3) is 0 Å². The van der Waals surface area contributed by atoms with Crippen LogP contribution in [0.5, 0.6) is 0 Å². The Morgan fingerprint density at radius 3 is 2.93 bits per heavy atom. The highest BCUT2D eigenvalue weighted by atomic mass is 35.5. The van der Waals surface area contributed by atoms with Crippen molar-refractivity contribution in [1.29, 1.82) is 0 Å². The standard InChI is InChI=1S/C18H15ClFN5OS/c19-12-3-6-14(20)15(8-12)22-16(26)10-27-18-24-23-17(25(18)13-4-5-13)11-2-1-7-21-9-11/h1-3,6-9,13H,4-5,10H2,(H,22,26). The first-order valence-corrected chi connectivity index (χ1v) is 9.71. The average Bonchev–Trinajstić information content (AvgIpc) is 3.43. The van der Waals surface area contributed by atoms with Gasteiger partial charge in [-0.05, 0) is 43.2 Å². The molecule has 6 nitrogen and oxygen atoms in total. The third-order valence-corrected chi connectivity index (χ3v) is 5.21. The van der Waals surface area contributed by atoms with Gasteiger partial charge in [-0.3, -0.25) is 14.3 Å². The summed E-state index contributed by atoms with van der Waals surface area (Å²) >= 11 is 7.12. The number of rotatable bonds is 6. The molecule has 1 aliphatic carbocycles. The van der Waals surface area contributed by atoms with Crippen LogP contribution in [0.25, 0.3) is 11.4 Å². The number of nitrogens with zero attached hydrogens (tertiary/aromatic N) is 4. The first-order valence-electron chi connectivity index (χ1n) is 8.35. The van der Waals surface area contributed by atoms with E-state index in [0.717, 1.165) is 24.2 Å². The number of nitrogens with one attached hydrogen (secondary N) is 1. The molecular weight excluding hydrogens is 389 g/mol. The number of carbonyl (C=O) groups is 1. The molecule has 0 saturated heterocycles. The van der Waals surface area contributed by atoms with Gasteiger partial charge < -0.3 is 5.32 Å². The van der Waals surface area contributed by atoms with E-state index in [1.165, 1.54) is 30.0 Å². The van der Waals surface area contributed by atoms with Gasteiger partial charge in [0, 0.05) is 29.0 Å². The summed E-state index contributed by atoms with van der Waals surface area (Å²) in [6.45, 7) is 0. The average molecular weight is 404 g/mol. The van der Waals surface area contributed by atoms with Crippen LogP contribution >= 0.6 is 23.4 Å². The van der Waals surface area contributed by atoms with Gasteiger partial charge >= 0.3 is 0 Å². The van der Waals surface area contributed by atoms with Crippen molar-refractivity contribution >= 4 is 35.0 Å². The van der Waals surface area contributed by atoms with E-state index in [2.05, 4.69) is 25.1 Å². The fraction of sp³-hybridized carbons (Fsp3) is 0.222. The lowest BCUT2D eigenvalue weighted by Crippen LogP contribution is -2.15. The number of carbonyl (C=O) groups excluding carboxylic acids is 1. The van der Waals surface area contributed by atoms with Crippen LogP contribution in [0.15, 0.2) is 47.9 Å². The predicted octanol–water partition coefficient (Wildman–Crippen LogP) is 4.20. The third kappa shape index (κ3) is 4.12. The number of halogens is 2. The van der Waals surface area contributed by atoms with Gasteiger partial charge in [0.1, 0.15) is 5.82 Å². The second-order valence-electron chi connectivity index (χ2n) is 6.11. The highest BCUT2D eigenvalue weighted by Crippen LogP contribution is 2.40. The van der Waals surface area contributed by atoms with Crippen LogP contribution in [0.3, 0.4) is 0 Å². The second-order valence-corrected chi connectivity index (χ2v) is 7.49. The summed E-state index contributed by atoms with van der Waals surface area (Å²) in [4.78, 5) is 16.3. The summed E-state index contributed by atoms with van der Waals surface area (Å²) < 4.78 is 15.8. The molecule has 9 heteroatoms. The molecule has 0 bridgehead atoms. The Kier molecular flexibility index (Phi) is 5.09. The highest BCUT2D eigenvalue weighted by Gasteiger charge is 2.30. The molecular formula is C18H15ClFN5OS. The fourth-order valence-corrected chi connectivity index (χ4v) is 3.62. The predicted molar refractivity (Wildman–Crippen MR) is 102 cm³/mol. The molecule has 1 fully saturated rings. The molecule has 2 heterocycles. The van der Waals surface area contributed by atoms with E-state index >= 15 is 0 Å². The first kappa shape index (κ1) is 17.9. The van der Waals surface area contributed by atoms with E-state index in [0.29, 0.717) is 16.2 Å². The van der Waals surface area contributed by atoms with Crippen molar-refractivity contribution in [2.45, 2.75) is 24.0 Å². The smallest absolute Gasteiger partial charge is 0.234 e. The number of thioether (sulfide) groups is 1.